The molecule has 1 heterocycles. The van der Waals surface area contributed by atoms with Gasteiger partial charge in [-0.25, -0.2) is 0 Å². The van der Waals surface area contributed by atoms with Gasteiger partial charge in [0.1, 0.15) is 5.75 Å². The normalized spacial score (nSPS) is 10.5. The number of nitrogens with zero attached hydrogens (tertiary/aromatic N) is 2. The molecule has 3 aromatic rings. The molecule has 0 saturated heterocycles. The number of aromatic amines is 1. The van der Waals surface area contributed by atoms with E-state index in [0.717, 1.165) is 21.2 Å². The quantitative estimate of drug-likeness (QED) is 0.692. The summed E-state index contributed by atoms with van der Waals surface area (Å²) < 4.78 is 8.84. The fraction of sp³-hybridized carbons (Fsp3) is 0.0667. The van der Waals surface area contributed by atoms with Gasteiger partial charge in [0.15, 0.2) is 4.77 Å². The Morgan fingerprint density at radius 3 is 2.81 bits per heavy atom. The highest BCUT2D eigenvalue weighted by molar-refractivity contribution is 9.10. The third kappa shape index (κ3) is 2.35. The van der Waals surface area contributed by atoms with Gasteiger partial charge in [0, 0.05) is 10.5 Å². The molecule has 0 aliphatic carbocycles. The van der Waals surface area contributed by atoms with Crippen molar-refractivity contribution in [2.75, 3.05) is 7.11 Å². The molecular formula is C15H10BrN3OS. The van der Waals surface area contributed by atoms with Gasteiger partial charge >= 0.3 is 0 Å². The lowest BCUT2D eigenvalue weighted by Crippen LogP contribution is -1.98. The molecule has 0 fully saturated rings. The van der Waals surface area contributed by atoms with Crippen LogP contribution in [-0.4, -0.2) is 16.7 Å². The van der Waals surface area contributed by atoms with Gasteiger partial charge in [-0.1, -0.05) is 15.9 Å². The molecule has 0 saturated carbocycles. The Balaban J connectivity index is 2.35. The van der Waals surface area contributed by atoms with E-state index in [0.29, 0.717) is 16.1 Å². The largest absolute Gasteiger partial charge is 0.495 e. The zero-order valence-electron chi connectivity index (χ0n) is 11.1. The summed E-state index contributed by atoms with van der Waals surface area (Å²) >= 11 is 8.89. The van der Waals surface area contributed by atoms with Crippen molar-refractivity contribution in [1.29, 1.82) is 5.26 Å². The standard InChI is InChI=1S/C15H10BrN3OS/c1-20-14-6-9(8-17)2-5-12(14)19-13-7-10(16)3-4-11(13)18-15(19)21/h2-7H,1H3,(H,18,21). The predicted molar refractivity (Wildman–Crippen MR) is 87.4 cm³/mol. The molecule has 21 heavy (non-hydrogen) atoms. The number of ether oxygens (including phenoxy) is 1. The Morgan fingerprint density at radius 2 is 2.10 bits per heavy atom. The molecule has 3 rings (SSSR count). The predicted octanol–water partition coefficient (Wildman–Crippen LogP) is 4.33. The third-order valence-electron chi connectivity index (χ3n) is 3.20. The monoisotopic (exact) mass is 359 g/mol. The second-order valence-electron chi connectivity index (χ2n) is 4.43. The minimum absolute atomic E-state index is 0.545. The van der Waals surface area contributed by atoms with Gasteiger partial charge in [0.25, 0.3) is 0 Å². The summed E-state index contributed by atoms with van der Waals surface area (Å²) in [7, 11) is 1.58. The maximum absolute atomic E-state index is 9.00. The van der Waals surface area contributed by atoms with Crippen LogP contribution in [0.15, 0.2) is 40.9 Å². The average Bonchev–Trinajstić information content (AvgIpc) is 2.81. The average molecular weight is 360 g/mol. The number of nitriles is 1. The SMILES string of the molecule is COc1cc(C#N)ccc1-n1c(=S)[nH]c2ccc(Br)cc21. The van der Waals surface area contributed by atoms with Crippen LogP contribution in [-0.2, 0) is 0 Å². The lowest BCUT2D eigenvalue weighted by molar-refractivity contribution is 0.413. The molecule has 0 aliphatic rings. The summed E-state index contributed by atoms with van der Waals surface area (Å²) in [6, 6.07) is 13.3. The summed E-state index contributed by atoms with van der Waals surface area (Å²) in [6.45, 7) is 0. The summed E-state index contributed by atoms with van der Waals surface area (Å²) in [5, 5.41) is 9.00. The minimum atomic E-state index is 0.545. The molecule has 1 aromatic heterocycles. The summed E-state index contributed by atoms with van der Waals surface area (Å²) in [5.74, 6) is 0.603. The van der Waals surface area contributed by atoms with E-state index in [-0.39, 0.29) is 0 Å². The van der Waals surface area contributed by atoms with Crippen molar-refractivity contribution in [3.8, 4) is 17.5 Å². The fourth-order valence-corrected chi connectivity index (χ4v) is 2.90. The Labute approximate surface area is 134 Å². The van der Waals surface area contributed by atoms with Gasteiger partial charge in [-0.15, -0.1) is 0 Å². The van der Waals surface area contributed by atoms with Crippen molar-refractivity contribution in [2.24, 2.45) is 0 Å². The molecule has 0 unspecified atom stereocenters. The van der Waals surface area contributed by atoms with Crippen molar-refractivity contribution in [1.82, 2.24) is 9.55 Å². The Kier molecular flexibility index (Phi) is 3.53. The number of imidazole rings is 1. The Hall–Kier alpha value is -2.10. The summed E-state index contributed by atoms with van der Waals surface area (Å²) in [6.07, 6.45) is 0. The van der Waals surface area contributed by atoms with Gasteiger partial charge in [0.05, 0.1) is 35.5 Å². The van der Waals surface area contributed by atoms with E-state index in [1.54, 1.807) is 19.2 Å². The molecular weight excluding hydrogens is 350 g/mol. The third-order valence-corrected chi connectivity index (χ3v) is 3.97. The van der Waals surface area contributed by atoms with Crippen molar-refractivity contribution in [3.63, 3.8) is 0 Å². The molecule has 6 heteroatoms. The van der Waals surface area contributed by atoms with Crippen LogP contribution in [0, 0.1) is 16.1 Å². The van der Waals surface area contributed by atoms with Crippen LogP contribution < -0.4 is 4.74 Å². The van der Waals surface area contributed by atoms with E-state index in [2.05, 4.69) is 27.0 Å². The van der Waals surface area contributed by atoms with Gasteiger partial charge in [0.2, 0.25) is 0 Å². The molecule has 1 N–H and O–H groups in total. The van der Waals surface area contributed by atoms with Gasteiger partial charge in [-0.2, -0.15) is 5.26 Å². The van der Waals surface area contributed by atoms with Crippen molar-refractivity contribution < 1.29 is 4.74 Å². The zero-order chi connectivity index (χ0) is 15.0. The number of nitrogens with one attached hydrogen (secondary N) is 1. The van der Waals surface area contributed by atoms with Crippen LogP contribution in [0.4, 0.5) is 0 Å². The van der Waals surface area contributed by atoms with E-state index in [9.17, 15) is 0 Å². The zero-order valence-corrected chi connectivity index (χ0v) is 13.5. The molecule has 0 amide bonds. The molecule has 0 aliphatic heterocycles. The van der Waals surface area contributed by atoms with Gasteiger partial charge < -0.3 is 9.72 Å². The van der Waals surface area contributed by atoms with Crippen molar-refractivity contribution >= 4 is 39.2 Å². The van der Waals surface area contributed by atoms with Crippen molar-refractivity contribution in [2.45, 2.75) is 0 Å². The van der Waals surface area contributed by atoms with E-state index in [4.69, 9.17) is 22.2 Å². The second kappa shape index (κ2) is 5.35. The fourth-order valence-electron chi connectivity index (χ4n) is 2.25. The highest BCUT2D eigenvalue weighted by Gasteiger charge is 2.12. The first-order valence-electron chi connectivity index (χ1n) is 6.13. The number of fused-ring (bicyclic) bond motifs is 1. The maximum Gasteiger partial charge on any atom is 0.182 e. The molecule has 0 atom stereocenters. The topological polar surface area (TPSA) is 53.7 Å². The second-order valence-corrected chi connectivity index (χ2v) is 5.73. The number of methoxy groups -OCH3 is 1. The first-order chi connectivity index (χ1) is 10.1. The molecule has 0 bridgehead atoms. The number of benzene rings is 2. The highest BCUT2D eigenvalue weighted by atomic mass is 79.9. The Morgan fingerprint density at radius 1 is 1.29 bits per heavy atom. The number of hydrogen-bond acceptors (Lipinski definition) is 3. The van der Waals surface area contributed by atoms with E-state index >= 15 is 0 Å². The lowest BCUT2D eigenvalue weighted by Gasteiger charge is -2.10. The number of halogens is 1. The molecule has 104 valence electrons. The number of rotatable bonds is 2. The minimum Gasteiger partial charge on any atom is -0.495 e. The van der Waals surface area contributed by atoms with Crippen LogP contribution in [0.25, 0.3) is 16.7 Å². The summed E-state index contributed by atoms with van der Waals surface area (Å²) in [5.41, 5.74) is 3.22. The van der Waals surface area contributed by atoms with Crippen LogP contribution in [0.1, 0.15) is 5.56 Å². The smallest absolute Gasteiger partial charge is 0.182 e. The maximum atomic E-state index is 9.00. The highest BCUT2D eigenvalue weighted by Crippen LogP contribution is 2.29. The van der Waals surface area contributed by atoms with Crippen LogP contribution in [0.2, 0.25) is 0 Å². The van der Waals surface area contributed by atoms with Gasteiger partial charge in [-0.3, -0.25) is 4.57 Å². The van der Waals surface area contributed by atoms with E-state index < -0.39 is 0 Å². The first-order valence-corrected chi connectivity index (χ1v) is 7.33. The Bertz CT molecular complexity index is 936. The van der Waals surface area contributed by atoms with E-state index in [1.807, 2.05) is 28.8 Å². The molecule has 2 aromatic carbocycles. The van der Waals surface area contributed by atoms with Gasteiger partial charge in [-0.05, 0) is 42.5 Å². The first kappa shape index (κ1) is 13.9. The number of hydrogen-bond donors (Lipinski definition) is 1. The van der Waals surface area contributed by atoms with Crippen LogP contribution >= 0.6 is 28.1 Å². The molecule has 0 radical (unpaired) electrons. The van der Waals surface area contributed by atoms with Crippen LogP contribution in [0.3, 0.4) is 0 Å². The van der Waals surface area contributed by atoms with Crippen molar-refractivity contribution in [3.05, 3.63) is 51.2 Å². The van der Waals surface area contributed by atoms with E-state index in [1.165, 1.54) is 0 Å². The summed E-state index contributed by atoms with van der Waals surface area (Å²) in [4.78, 5) is 3.17. The lowest BCUT2D eigenvalue weighted by atomic mass is 10.2. The molecule has 4 nitrogen and oxygen atoms in total. The number of H-pyrrole nitrogens is 1. The molecule has 0 spiro atoms. The number of aromatic nitrogens is 2. The van der Waals surface area contributed by atoms with Crippen LogP contribution in [0.5, 0.6) is 5.75 Å².